The third kappa shape index (κ3) is 4.24. The standard InChI is InChI=1S/C18H18BrCl2NO2/c1-9-5-11(3)18(13(20)6-9)22-15(23)8-24-14-7-10(2)17(21)12(4)16(14)19/h5-7H,8H2,1-4H3,(H,22,23). The Morgan fingerprint density at radius 3 is 2.42 bits per heavy atom. The topological polar surface area (TPSA) is 38.3 Å². The van der Waals surface area contributed by atoms with Crippen LogP contribution in [0, 0.1) is 27.7 Å². The van der Waals surface area contributed by atoms with Crippen LogP contribution in [0.1, 0.15) is 22.3 Å². The van der Waals surface area contributed by atoms with Crippen LogP contribution in [0.15, 0.2) is 22.7 Å². The van der Waals surface area contributed by atoms with Crippen molar-refractivity contribution in [3.8, 4) is 5.75 Å². The molecule has 0 aliphatic rings. The first-order valence-electron chi connectivity index (χ1n) is 7.35. The molecule has 0 radical (unpaired) electrons. The summed E-state index contributed by atoms with van der Waals surface area (Å²) in [6, 6.07) is 5.58. The van der Waals surface area contributed by atoms with E-state index in [4.69, 9.17) is 27.9 Å². The van der Waals surface area contributed by atoms with Crippen molar-refractivity contribution in [2.45, 2.75) is 27.7 Å². The Kier molecular flexibility index (Phi) is 6.18. The summed E-state index contributed by atoms with van der Waals surface area (Å²) < 4.78 is 6.38. The predicted molar refractivity (Wildman–Crippen MR) is 104 cm³/mol. The van der Waals surface area contributed by atoms with Gasteiger partial charge in [0.1, 0.15) is 5.75 Å². The summed E-state index contributed by atoms with van der Waals surface area (Å²) in [4.78, 5) is 12.2. The lowest BCUT2D eigenvalue weighted by molar-refractivity contribution is -0.118. The number of carbonyl (C=O) groups is 1. The predicted octanol–water partition coefficient (Wildman–Crippen LogP) is 6.01. The van der Waals surface area contributed by atoms with Gasteiger partial charge in [-0.15, -0.1) is 0 Å². The van der Waals surface area contributed by atoms with Gasteiger partial charge < -0.3 is 10.1 Å². The Labute approximate surface area is 160 Å². The number of nitrogens with one attached hydrogen (secondary N) is 1. The molecule has 0 saturated heterocycles. The number of anilines is 1. The van der Waals surface area contributed by atoms with Crippen molar-refractivity contribution in [3.63, 3.8) is 0 Å². The van der Waals surface area contributed by atoms with Crippen LogP contribution in [0.4, 0.5) is 5.69 Å². The minimum Gasteiger partial charge on any atom is -0.483 e. The minimum absolute atomic E-state index is 0.122. The van der Waals surface area contributed by atoms with Gasteiger partial charge in [0.05, 0.1) is 15.2 Å². The van der Waals surface area contributed by atoms with Crippen molar-refractivity contribution < 1.29 is 9.53 Å². The Morgan fingerprint density at radius 2 is 1.79 bits per heavy atom. The van der Waals surface area contributed by atoms with Gasteiger partial charge in [-0.1, -0.05) is 29.3 Å². The SMILES string of the molecule is Cc1cc(C)c(NC(=O)COc2cc(C)c(Cl)c(C)c2Br)c(Cl)c1. The molecule has 24 heavy (non-hydrogen) atoms. The first kappa shape index (κ1) is 19.1. The van der Waals surface area contributed by atoms with Crippen LogP contribution < -0.4 is 10.1 Å². The van der Waals surface area contributed by atoms with Gasteiger partial charge in [0, 0.05) is 5.02 Å². The van der Waals surface area contributed by atoms with Gasteiger partial charge in [-0.25, -0.2) is 0 Å². The van der Waals surface area contributed by atoms with Gasteiger partial charge in [-0.3, -0.25) is 4.79 Å². The van der Waals surface area contributed by atoms with Gasteiger partial charge in [-0.2, -0.15) is 0 Å². The molecule has 0 aliphatic heterocycles. The molecule has 1 N–H and O–H groups in total. The number of halogens is 3. The zero-order valence-corrected chi connectivity index (χ0v) is 17.0. The zero-order valence-electron chi connectivity index (χ0n) is 13.9. The molecule has 3 nitrogen and oxygen atoms in total. The molecule has 0 bridgehead atoms. The molecule has 0 atom stereocenters. The van der Waals surface area contributed by atoms with Crippen molar-refractivity contribution in [2.24, 2.45) is 0 Å². The number of hydrogen-bond donors (Lipinski definition) is 1. The molecule has 1 amide bonds. The number of aryl methyl sites for hydroxylation is 3. The average molecular weight is 431 g/mol. The minimum atomic E-state index is -0.277. The van der Waals surface area contributed by atoms with E-state index in [2.05, 4.69) is 21.2 Å². The molecule has 2 rings (SSSR count). The van der Waals surface area contributed by atoms with Crippen LogP contribution in [0.5, 0.6) is 5.75 Å². The molecule has 0 aromatic heterocycles. The lowest BCUT2D eigenvalue weighted by Gasteiger charge is -2.14. The van der Waals surface area contributed by atoms with E-state index < -0.39 is 0 Å². The van der Waals surface area contributed by atoms with Gasteiger partial charge in [0.25, 0.3) is 5.91 Å². The maximum atomic E-state index is 12.2. The van der Waals surface area contributed by atoms with Crippen LogP contribution in [0.3, 0.4) is 0 Å². The molecule has 128 valence electrons. The molecule has 0 spiro atoms. The van der Waals surface area contributed by atoms with Gasteiger partial charge in [0.15, 0.2) is 6.61 Å². The molecule has 0 heterocycles. The molecule has 0 unspecified atom stereocenters. The first-order chi connectivity index (χ1) is 11.2. The van der Waals surface area contributed by atoms with Crippen LogP contribution in [-0.2, 0) is 4.79 Å². The number of benzene rings is 2. The third-order valence-electron chi connectivity index (χ3n) is 3.62. The highest BCUT2D eigenvalue weighted by Gasteiger charge is 2.14. The second-order valence-corrected chi connectivity index (χ2v) is 7.30. The van der Waals surface area contributed by atoms with E-state index >= 15 is 0 Å². The van der Waals surface area contributed by atoms with E-state index in [-0.39, 0.29) is 12.5 Å². The Bertz CT molecular complexity index is 783. The summed E-state index contributed by atoms with van der Waals surface area (Å²) in [7, 11) is 0. The Hall–Kier alpha value is -1.23. The van der Waals surface area contributed by atoms with Crippen molar-refractivity contribution >= 4 is 50.7 Å². The average Bonchev–Trinajstić information content (AvgIpc) is 2.51. The van der Waals surface area contributed by atoms with Crippen molar-refractivity contribution in [1.29, 1.82) is 0 Å². The number of carbonyl (C=O) groups excluding carboxylic acids is 1. The van der Waals surface area contributed by atoms with E-state index in [1.54, 1.807) is 6.07 Å². The van der Waals surface area contributed by atoms with Crippen LogP contribution in [-0.4, -0.2) is 12.5 Å². The van der Waals surface area contributed by atoms with E-state index in [0.29, 0.717) is 21.5 Å². The molecular formula is C18H18BrCl2NO2. The normalized spacial score (nSPS) is 10.6. The summed E-state index contributed by atoms with van der Waals surface area (Å²) >= 11 is 15.8. The van der Waals surface area contributed by atoms with Gasteiger partial charge in [0.2, 0.25) is 0 Å². The van der Waals surface area contributed by atoms with E-state index in [9.17, 15) is 4.79 Å². The van der Waals surface area contributed by atoms with Gasteiger partial charge >= 0.3 is 0 Å². The van der Waals surface area contributed by atoms with Crippen LogP contribution in [0.25, 0.3) is 0 Å². The van der Waals surface area contributed by atoms with Crippen LogP contribution in [0.2, 0.25) is 10.0 Å². The molecule has 0 saturated carbocycles. The molecule has 0 aliphatic carbocycles. The Balaban J connectivity index is 2.10. The molecule has 0 fully saturated rings. The summed E-state index contributed by atoms with van der Waals surface area (Å²) in [5.74, 6) is 0.303. The van der Waals surface area contributed by atoms with Gasteiger partial charge in [-0.05, 0) is 78.0 Å². The highest BCUT2D eigenvalue weighted by molar-refractivity contribution is 9.10. The van der Waals surface area contributed by atoms with Crippen molar-refractivity contribution in [3.05, 3.63) is 55.0 Å². The van der Waals surface area contributed by atoms with Crippen LogP contribution >= 0.6 is 39.1 Å². The van der Waals surface area contributed by atoms with E-state index in [1.807, 2.05) is 39.8 Å². The summed E-state index contributed by atoms with van der Waals surface area (Å²) in [5, 5.41) is 3.99. The highest BCUT2D eigenvalue weighted by Crippen LogP contribution is 2.35. The fraction of sp³-hybridized carbons (Fsp3) is 0.278. The third-order valence-corrected chi connectivity index (χ3v) is 5.49. The molecule has 2 aromatic carbocycles. The number of rotatable bonds is 4. The number of ether oxygens (including phenoxy) is 1. The maximum absolute atomic E-state index is 12.2. The molecular weight excluding hydrogens is 413 g/mol. The molecule has 2 aromatic rings. The first-order valence-corrected chi connectivity index (χ1v) is 8.90. The second kappa shape index (κ2) is 7.77. The largest absolute Gasteiger partial charge is 0.483 e. The number of hydrogen-bond acceptors (Lipinski definition) is 2. The van der Waals surface area contributed by atoms with Crippen molar-refractivity contribution in [1.82, 2.24) is 0 Å². The monoisotopic (exact) mass is 429 g/mol. The highest BCUT2D eigenvalue weighted by atomic mass is 79.9. The smallest absolute Gasteiger partial charge is 0.262 e. The second-order valence-electron chi connectivity index (χ2n) is 5.72. The Morgan fingerprint density at radius 1 is 1.12 bits per heavy atom. The number of amides is 1. The lowest BCUT2D eigenvalue weighted by Crippen LogP contribution is -2.21. The fourth-order valence-corrected chi connectivity index (χ4v) is 3.46. The summed E-state index contributed by atoms with van der Waals surface area (Å²) in [6.07, 6.45) is 0. The summed E-state index contributed by atoms with van der Waals surface area (Å²) in [6.45, 7) is 7.52. The fourth-order valence-electron chi connectivity index (χ4n) is 2.40. The van der Waals surface area contributed by atoms with E-state index in [1.165, 1.54) is 0 Å². The summed E-state index contributed by atoms with van der Waals surface area (Å²) in [5.41, 5.74) is 4.34. The van der Waals surface area contributed by atoms with Crippen molar-refractivity contribution in [2.75, 3.05) is 11.9 Å². The zero-order chi connectivity index (χ0) is 18.0. The maximum Gasteiger partial charge on any atom is 0.262 e. The lowest BCUT2D eigenvalue weighted by atomic mass is 10.1. The quantitative estimate of drug-likeness (QED) is 0.645. The van der Waals surface area contributed by atoms with E-state index in [0.717, 1.165) is 26.7 Å². The molecule has 6 heteroatoms.